The van der Waals surface area contributed by atoms with Gasteiger partial charge in [0.25, 0.3) is 0 Å². The molecule has 19 heavy (non-hydrogen) atoms. The maximum absolute atomic E-state index is 12.8. The van der Waals surface area contributed by atoms with Crippen molar-refractivity contribution in [1.82, 2.24) is 19.8 Å². The zero-order chi connectivity index (χ0) is 13.7. The molecule has 0 aromatic carbocycles. The molecule has 1 unspecified atom stereocenters. The Bertz CT molecular complexity index is 374. The fraction of sp³-hybridized carbons (Fsp3) is 0.769. The second kappa shape index (κ2) is 6.96. The summed E-state index contributed by atoms with van der Waals surface area (Å²) in [6, 6.07) is 0.488. The van der Waals surface area contributed by atoms with Crippen molar-refractivity contribution in [3.63, 3.8) is 0 Å². The molecule has 2 heterocycles. The van der Waals surface area contributed by atoms with Crippen molar-refractivity contribution in [2.24, 2.45) is 0 Å². The van der Waals surface area contributed by atoms with Gasteiger partial charge in [0.2, 0.25) is 0 Å². The molecule has 0 bridgehead atoms. The first-order valence-corrected chi connectivity index (χ1v) is 6.96. The van der Waals surface area contributed by atoms with Crippen LogP contribution in [0.3, 0.4) is 0 Å². The van der Waals surface area contributed by atoms with E-state index >= 15 is 0 Å². The van der Waals surface area contributed by atoms with Gasteiger partial charge in [0, 0.05) is 25.0 Å². The van der Waals surface area contributed by atoms with Crippen molar-refractivity contribution in [1.29, 1.82) is 0 Å². The van der Waals surface area contributed by atoms with Crippen LogP contribution < -0.4 is 5.32 Å². The maximum Gasteiger partial charge on any atom is 0.319 e. The number of halogens is 2. The summed E-state index contributed by atoms with van der Waals surface area (Å²) in [6.07, 6.45) is 6.18. The lowest BCUT2D eigenvalue weighted by Crippen LogP contribution is -2.38. The monoisotopic (exact) mass is 272 g/mol. The predicted molar refractivity (Wildman–Crippen MR) is 70.1 cm³/mol. The van der Waals surface area contributed by atoms with Gasteiger partial charge >= 0.3 is 6.55 Å². The van der Waals surface area contributed by atoms with E-state index in [1.165, 1.54) is 25.2 Å². The van der Waals surface area contributed by atoms with Crippen molar-refractivity contribution in [2.75, 3.05) is 19.6 Å². The van der Waals surface area contributed by atoms with Crippen LogP contribution in [-0.2, 0) is 6.54 Å². The summed E-state index contributed by atoms with van der Waals surface area (Å²) in [7, 11) is 0. The molecule has 1 aliphatic heterocycles. The zero-order valence-electron chi connectivity index (χ0n) is 11.4. The largest absolute Gasteiger partial charge is 0.319 e. The van der Waals surface area contributed by atoms with E-state index in [1.54, 1.807) is 0 Å². The molecule has 1 aromatic heterocycles. The standard InChI is InChI=1S/C13H22F2N4/c1-2-7-18(9-11-4-3-5-16-11)10-12-17-6-8-19(12)13(14)15/h6,8,11,13,16H,2-5,7,9-10H2,1H3. The number of aromatic nitrogens is 2. The lowest BCUT2D eigenvalue weighted by molar-refractivity contribution is 0.0636. The molecule has 1 aromatic rings. The van der Waals surface area contributed by atoms with Crippen molar-refractivity contribution >= 4 is 0 Å². The van der Waals surface area contributed by atoms with Gasteiger partial charge in [-0.05, 0) is 32.4 Å². The molecule has 0 amide bonds. The molecule has 2 rings (SSSR count). The van der Waals surface area contributed by atoms with E-state index in [0.717, 1.165) is 30.6 Å². The minimum Gasteiger partial charge on any atom is -0.313 e. The van der Waals surface area contributed by atoms with Crippen LogP contribution in [0.25, 0.3) is 0 Å². The summed E-state index contributed by atoms with van der Waals surface area (Å²) in [5.74, 6) is 0.446. The number of nitrogens with zero attached hydrogens (tertiary/aromatic N) is 3. The summed E-state index contributed by atoms with van der Waals surface area (Å²) in [5, 5.41) is 3.45. The summed E-state index contributed by atoms with van der Waals surface area (Å²) in [6.45, 7) is 2.97. The second-order valence-electron chi connectivity index (χ2n) is 5.06. The second-order valence-corrected chi connectivity index (χ2v) is 5.06. The summed E-state index contributed by atoms with van der Waals surface area (Å²) >= 11 is 0. The number of imidazole rings is 1. The third kappa shape index (κ3) is 3.98. The molecule has 4 nitrogen and oxygen atoms in total. The van der Waals surface area contributed by atoms with Crippen molar-refractivity contribution in [2.45, 2.75) is 45.3 Å². The molecule has 0 saturated carbocycles. The molecule has 0 aliphatic carbocycles. The highest BCUT2D eigenvalue weighted by atomic mass is 19.3. The Kier molecular flexibility index (Phi) is 5.27. The van der Waals surface area contributed by atoms with E-state index < -0.39 is 6.55 Å². The fourth-order valence-corrected chi connectivity index (χ4v) is 2.62. The highest BCUT2D eigenvalue weighted by Gasteiger charge is 2.20. The lowest BCUT2D eigenvalue weighted by Gasteiger charge is -2.25. The van der Waals surface area contributed by atoms with Crippen LogP contribution in [0.1, 0.15) is 38.6 Å². The molecule has 0 spiro atoms. The number of hydrogen-bond donors (Lipinski definition) is 1. The average Bonchev–Trinajstić information content (AvgIpc) is 3.00. The van der Waals surface area contributed by atoms with Gasteiger partial charge in [-0.1, -0.05) is 6.92 Å². The minimum atomic E-state index is -2.51. The summed E-state index contributed by atoms with van der Waals surface area (Å²) in [4.78, 5) is 6.27. The zero-order valence-corrected chi connectivity index (χ0v) is 11.4. The molecule has 6 heteroatoms. The quantitative estimate of drug-likeness (QED) is 0.826. The first kappa shape index (κ1) is 14.4. The van der Waals surface area contributed by atoms with Crippen LogP contribution in [-0.4, -0.2) is 40.1 Å². The topological polar surface area (TPSA) is 33.1 Å². The Morgan fingerprint density at radius 1 is 1.58 bits per heavy atom. The first-order chi connectivity index (χ1) is 9.20. The molecule has 1 atom stereocenters. The summed E-state index contributed by atoms with van der Waals surface area (Å²) < 4.78 is 26.5. The van der Waals surface area contributed by atoms with Crippen molar-refractivity contribution < 1.29 is 8.78 Å². The van der Waals surface area contributed by atoms with Gasteiger partial charge in [-0.3, -0.25) is 9.47 Å². The van der Waals surface area contributed by atoms with Crippen molar-refractivity contribution in [3.05, 3.63) is 18.2 Å². The number of alkyl halides is 2. The van der Waals surface area contributed by atoms with E-state index in [9.17, 15) is 8.78 Å². The molecular weight excluding hydrogens is 250 g/mol. The van der Waals surface area contributed by atoms with Crippen molar-refractivity contribution in [3.8, 4) is 0 Å². The van der Waals surface area contributed by atoms with Gasteiger partial charge in [-0.15, -0.1) is 0 Å². The molecule has 0 radical (unpaired) electrons. The SMILES string of the molecule is CCCN(Cc1nccn1C(F)F)CC1CCCN1. The Labute approximate surface area is 112 Å². The molecule has 1 saturated heterocycles. The molecule has 108 valence electrons. The Morgan fingerprint density at radius 3 is 3.05 bits per heavy atom. The fourth-order valence-electron chi connectivity index (χ4n) is 2.62. The summed E-state index contributed by atoms with van der Waals surface area (Å²) in [5.41, 5.74) is 0. The Balaban J connectivity index is 1.96. The van der Waals surface area contributed by atoms with Gasteiger partial charge in [0.05, 0.1) is 6.54 Å². The van der Waals surface area contributed by atoms with Gasteiger partial charge in [0.1, 0.15) is 5.82 Å². The van der Waals surface area contributed by atoms with Crippen LogP contribution in [0.5, 0.6) is 0 Å². The third-order valence-electron chi connectivity index (χ3n) is 3.50. The first-order valence-electron chi connectivity index (χ1n) is 6.96. The van der Waals surface area contributed by atoms with E-state index in [4.69, 9.17) is 0 Å². The molecular formula is C13H22F2N4. The number of nitrogens with one attached hydrogen (secondary N) is 1. The van der Waals surface area contributed by atoms with Gasteiger partial charge in [-0.25, -0.2) is 4.98 Å². The highest BCUT2D eigenvalue weighted by molar-refractivity contribution is 4.93. The number of hydrogen-bond acceptors (Lipinski definition) is 3. The predicted octanol–water partition coefficient (Wildman–Crippen LogP) is 2.24. The average molecular weight is 272 g/mol. The molecule has 1 aliphatic rings. The van der Waals surface area contributed by atoms with Crippen LogP contribution in [0.4, 0.5) is 8.78 Å². The lowest BCUT2D eigenvalue weighted by atomic mass is 10.2. The third-order valence-corrected chi connectivity index (χ3v) is 3.50. The minimum absolute atomic E-state index is 0.446. The van der Waals surface area contributed by atoms with E-state index in [2.05, 4.69) is 22.1 Å². The van der Waals surface area contributed by atoms with Gasteiger partial charge < -0.3 is 5.32 Å². The van der Waals surface area contributed by atoms with Gasteiger partial charge in [-0.2, -0.15) is 8.78 Å². The van der Waals surface area contributed by atoms with Crippen LogP contribution >= 0.6 is 0 Å². The maximum atomic E-state index is 12.8. The van der Waals surface area contributed by atoms with Crippen LogP contribution in [0.2, 0.25) is 0 Å². The van der Waals surface area contributed by atoms with Crippen LogP contribution in [0.15, 0.2) is 12.4 Å². The molecule has 1 N–H and O–H groups in total. The van der Waals surface area contributed by atoms with Gasteiger partial charge in [0.15, 0.2) is 0 Å². The normalized spacial score (nSPS) is 19.7. The molecule has 1 fully saturated rings. The smallest absolute Gasteiger partial charge is 0.313 e. The van der Waals surface area contributed by atoms with E-state index in [-0.39, 0.29) is 0 Å². The Hall–Kier alpha value is -1.01. The van der Waals surface area contributed by atoms with E-state index in [1.807, 2.05) is 0 Å². The van der Waals surface area contributed by atoms with E-state index in [0.29, 0.717) is 18.4 Å². The van der Waals surface area contributed by atoms with Crippen LogP contribution in [0, 0.1) is 0 Å². The number of rotatable bonds is 7. The Morgan fingerprint density at radius 2 is 2.42 bits per heavy atom. The highest BCUT2D eigenvalue weighted by Crippen LogP contribution is 2.15.